The van der Waals surface area contributed by atoms with E-state index in [1.165, 1.54) is 4.31 Å². The van der Waals surface area contributed by atoms with Crippen LogP contribution in [0.4, 0.5) is 5.69 Å². The predicted molar refractivity (Wildman–Crippen MR) is 150 cm³/mol. The molecule has 11 heteroatoms. The number of amides is 3. The van der Waals surface area contributed by atoms with E-state index in [0.717, 1.165) is 17.0 Å². The van der Waals surface area contributed by atoms with Crippen LogP contribution in [0.1, 0.15) is 47.5 Å². The molecule has 0 aliphatic carbocycles. The summed E-state index contributed by atoms with van der Waals surface area (Å²) in [7, 11) is -3.62. The van der Waals surface area contributed by atoms with Crippen LogP contribution in [0.15, 0.2) is 36.7 Å². The summed E-state index contributed by atoms with van der Waals surface area (Å²) < 4.78 is 26.8. The van der Waals surface area contributed by atoms with Gasteiger partial charge >= 0.3 is 0 Å². The average Bonchev–Trinajstić information content (AvgIpc) is 3.46. The number of carbonyl (C=O) groups is 3. The third-order valence-electron chi connectivity index (χ3n) is 8.02. The van der Waals surface area contributed by atoms with Gasteiger partial charge in [-0.15, -0.1) is 0 Å². The molecule has 2 fully saturated rings. The minimum Gasteiger partial charge on any atom is -0.344 e. The number of carbonyl (C=O) groups excluding carboxylic acids is 3. The first-order valence-corrected chi connectivity index (χ1v) is 15.3. The van der Waals surface area contributed by atoms with Crippen LogP contribution in [0, 0.1) is 17.3 Å². The Balaban J connectivity index is 1.66. The van der Waals surface area contributed by atoms with E-state index in [0.29, 0.717) is 25.1 Å². The summed E-state index contributed by atoms with van der Waals surface area (Å²) in [6.07, 6.45) is 5.55. The van der Waals surface area contributed by atoms with Crippen molar-refractivity contribution in [3.63, 3.8) is 0 Å². The first-order valence-electron chi connectivity index (χ1n) is 13.4. The van der Waals surface area contributed by atoms with Gasteiger partial charge in [-0.05, 0) is 30.4 Å². The molecular formula is C28H39N5O5S. The van der Waals surface area contributed by atoms with Crippen LogP contribution in [0.2, 0.25) is 0 Å². The zero-order valence-corrected chi connectivity index (χ0v) is 24.3. The van der Waals surface area contributed by atoms with Gasteiger partial charge in [-0.25, -0.2) is 8.42 Å². The zero-order valence-electron chi connectivity index (χ0n) is 23.5. The molecule has 1 aromatic carbocycles. The molecule has 2 aromatic rings. The summed E-state index contributed by atoms with van der Waals surface area (Å²) in [5.74, 6) is -1.88. The number of benzene rings is 1. The van der Waals surface area contributed by atoms with Gasteiger partial charge in [0.05, 0.1) is 18.2 Å². The second-order valence-electron chi connectivity index (χ2n) is 11.8. The number of rotatable bonds is 7. The third-order valence-corrected chi connectivity index (χ3v) is 9.29. The van der Waals surface area contributed by atoms with E-state index in [1.807, 2.05) is 52.8 Å². The van der Waals surface area contributed by atoms with Crippen LogP contribution in [0.5, 0.6) is 0 Å². The van der Waals surface area contributed by atoms with Crippen molar-refractivity contribution in [1.82, 2.24) is 19.5 Å². The molecule has 212 valence electrons. The molecule has 0 unspecified atom stereocenters. The highest BCUT2D eigenvalue weighted by Crippen LogP contribution is 2.39. The maximum absolute atomic E-state index is 14.0. The number of sulfonamides is 1. The summed E-state index contributed by atoms with van der Waals surface area (Å²) in [5, 5.41) is 7.61. The highest BCUT2D eigenvalue weighted by Gasteiger charge is 2.56. The van der Waals surface area contributed by atoms with Crippen LogP contribution in [-0.2, 0) is 24.4 Å². The Morgan fingerprint density at radius 2 is 1.90 bits per heavy atom. The second kappa shape index (κ2) is 10.8. The number of hydrogen-bond acceptors (Lipinski definition) is 6. The van der Waals surface area contributed by atoms with Gasteiger partial charge in [0.25, 0.3) is 0 Å². The lowest BCUT2D eigenvalue weighted by molar-refractivity contribution is -0.142. The van der Waals surface area contributed by atoms with Crippen molar-refractivity contribution >= 4 is 44.2 Å². The quantitative estimate of drug-likeness (QED) is 0.539. The Bertz CT molecular complexity index is 1370. The Morgan fingerprint density at radius 1 is 1.18 bits per heavy atom. The lowest BCUT2D eigenvalue weighted by atomic mass is 9.84. The molecule has 2 N–H and O–H groups in total. The molecule has 1 aromatic heterocycles. The Hall–Kier alpha value is -3.05. The molecule has 39 heavy (non-hydrogen) atoms. The van der Waals surface area contributed by atoms with Crippen molar-refractivity contribution < 1.29 is 22.8 Å². The minimum absolute atomic E-state index is 0.0183. The minimum atomic E-state index is -3.62. The van der Waals surface area contributed by atoms with Crippen molar-refractivity contribution in [2.75, 3.05) is 24.7 Å². The number of aromatic nitrogens is 1. The fraction of sp³-hybridized carbons (Fsp3) is 0.571. The van der Waals surface area contributed by atoms with Gasteiger partial charge in [-0.1, -0.05) is 46.8 Å². The fourth-order valence-corrected chi connectivity index (χ4v) is 6.81. The zero-order chi connectivity index (χ0) is 28.7. The second-order valence-corrected chi connectivity index (χ2v) is 13.8. The van der Waals surface area contributed by atoms with E-state index >= 15 is 0 Å². The first kappa shape index (κ1) is 28.9. The molecule has 5 atom stereocenters. The molecular weight excluding hydrogens is 518 g/mol. The van der Waals surface area contributed by atoms with Crippen LogP contribution in [0.3, 0.4) is 0 Å². The van der Waals surface area contributed by atoms with E-state index < -0.39 is 39.5 Å². The molecule has 0 radical (unpaired) electrons. The normalized spacial score (nSPS) is 23.3. The molecule has 2 aliphatic heterocycles. The molecule has 2 aliphatic rings. The van der Waals surface area contributed by atoms with Gasteiger partial charge in [-0.2, -0.15) is 4.31 Å². The maximum Gasteiger partial charge on any atom is 0.246 e. The van der Waals surface area contributed by atoms with E-state index in [1.54, 1.807) is 23.4 Å². The van der Waals surface area contributed by atoms with Gasteiger partial charge in [0, 0.05) is 53.9 Å². The molecule has 3 heterocycles. The molecule has 3 amide bonds. The summed E-state index contributed by atoms with van der Waals surface area (Å²) >= 11 is 0. The van der Waals surface area contributed by atoms with Crippen molar-refractivity contribution in [2.45, 2.75) is 65.6 Å². The predicted octanol–water partition coefficient (Wildman–Crippen LogP) is 2.61. The van der Waals surface area contributed by atoms with E-state index in [9.17, 15) is 22.8 Å². The molecule has 0 bridgehead atoms. The van der Waals surface area contributed by atoms with Crippen molar-refractivity contribution in [3.8, 4) is 0 Å². The monoisotopic (exact) mass is 557 g/mol. The summed E-state index contributed by atoms with van der Waals surface area (Å²) in [5.41, 5.74) is 0.000767. The van der Waals surface area contributed by atoms with Crippen molar-refractivity contribution in [3.05, 3.63) is 36.7 Å². The molecule has 10 nitrogen and oxygen atoms in total. The smallest absolute Gasteiger partial charge is 0.246 e. The standard InChI is InChI=1S/C28H39N5O5S/c1-7-17(2)25(34)31-24(28(3,4)5)27(36)32-14-12-22-23(32)20(16-33(22)39(6,37)38)26(35)30-21-10-8-9-18-15-29-13-11-19(18)21/h8-11,13,15,17,20,22-24H,7,12,14,16H2,1-6H3,(H,30,35)(H,31,34)/t17-,20+,22-,23-,24-/m1/s1. The van der Waals surface area contributed by atoms with Gasteiger partial charge < -0.3 is 15.5 Å². The van der Waals surface area contributed by atoms with Gasteiger partial charge in [-0.3, -0.25) is 19.4 Å². The highest BCUT2D eigenvalue weighted by molar-refractivity contribution is 7.88. The highest BCUT2D eigenvalue weighted by atomic mass is 32.2. The number of hydrogen-bond donors (Lipinski definition) is 2. The number of pyridine rings is 1. The Kier molecular flexibility index (Phi) is 8.05. The first-order chi connectivity index (χ1) is 18.2. The molecule has 0 saturated carbocycles. The summed E-state index contributed by atoms with van der Waals surface area (Å²) in [6, 6.07) is 5.34. The van der Waals surface area contributed by atoms with Gasteiger partial charge in [0.2, 0.25) is 27.7 Å². The van der Waals surface area contributed by atoms with E-state index in [-0.39, 0.29) is 30.2 Å². The lowest BCUT2D eigenvalue weighted by Crippen LogP contribution is -2.58. The Morgan fingerprint density at radius 3 is 2.54 bits per heavy atom. The van der Waals surface area contributed by atoms with Crippen LogP contribution in [-0.4, -0.2) is 77.8 Å². The Labute approximate surface area is 230 Å². The van der Waals surface area contributed by atoms with E-state index in [4.69, 9.17) is 0 Å². The molecule has 0 spiro atoms. The number of nitrogens with one attached hydrogen (secondary N) is 2. The van der Waals surface area contributed by atoms with Crippen molar-refractivity contribution in [1.29, 1.82) is 0 Å². The SMILES string of the molecule is CC[C@@H](C)C(=O)N[C@H](C(=O)N1CC[C@@H]2[C@H]1[C@@H](C(=O)Nc1cccc3cnccc13)CN2S(C)(=O)=O)C(C)(C)C. The third kappa shape index (κ3) is 5.79. The van der Waals surface area contributed by atoms with Crippen LogP contribution >= 0.6 is 0 Å². The van der Waals surface area contributed by atoms with Crippen LogP contribution in [0.25, 0.3) is 10.8 Å². The molecule has 4 rings (SSSR count). The molecule has 2 saturated heterocycles. The van der Waals surface area contributed by atoms with E-state index in [2.05, 4.69) is 15.6 Å². The summed E-state index contributed by atoms with van der Waals surface area (Å²) in [6.45, 7) is 9.67. The number of nitrogens with zero attached hydrogens (tertiary/aromatic N) is 3. The van der Waals surface area contributed by atoms with Crippen molar-refractivity contribution in [2.24, 2.45) is 17.3 Å². The number of likely N-dealkylation sites (tertiary alicyclic amines) is 1. The maximum atomic E-state index is 14.0. The van der Waals surface area contributed by atoms with Crippen LogP contribution < -0.4 is 10.6 Å². The summed E-state index contributed by atoms with van der Waals surface area (Å²) in [4.78, 5) is 46.4. The lowest BCUT2D eigenvalue weighted by Gasteiger charge is -2.37. The largest absolute Gasteiger partial charge is 0.344 e. The van der Waals surface area contributed by atoms with Gasteiger partial charge in [0.1, 0.15) is 6.04 Å². The topological polar surface area (TPSA) is 129 Å². The number of anilines is 1. The fourth-order valence-electron chi connectivity index (χ4n) is 5.65. The van der Waals surface area contributed by atoms with Gasteiger partial charge in [0.15, 0.2) is 0 Å². The number of fused-ring (bicyclic) bond motifs is 2. The average molecular weight is 558 g/mol.